The molecule has 0 atom stereocenters. The first-order valence-electron chi connectivity index (χ1n) is 4.87. The van der Waals surface area contributed by atoms with Crippen molar-refractivity contribution >= 4 is 5.91 Å². The zero-order valence-electron chi connectivity index (χ0n) is 9.14. The Kier molecular flexibility index (Phi) is 2.44. The van der Waals surface area contributed by atoms with Gasteiger partial charge in [0.05, 0.1) is 11.3 Å². The van der Waals surface area contributed by atoms with Crippen LogP contribution in [-0.2, 0) is 0 Å². The fourth-order valence-corrected chi connectivity index (χ4v) is 1.52. The topological polar surface area (TPSA) is 73.8 Å². The van der Waals surface area contributed by atoms with Crippen molar-refractivity contribution in [3.05, 3.63) is 41.3 Å². The fourth-order valence-electron chi connectivity index (χ4n) is 1.52. The number of hydrogen-bond acceptors (Lipinski definition) is 3. The van der Waals surface area contributed by atoms with Gasteiger partial charge >= 0.3 is 0 Å². The van der Waals surface area contributed by atoms with E-state index < -0.39 is 5.91 Å². The molecule has 2 heterocycles. The molecule has 0 saturated carbocycles. The van der Waals surface area contributed by atoms with Crippen LogP contribution in [0.15, 0.2) is 24.4 Å². The number of aryl methyl sites for hydroxylation is 2. The van der Waals surface area contributed by atoms with E-state index in [1.165, 1.54) is 6.20 Å². The van der Waals surface area contributed by atoms with Crippen LogP contribution in [0.4, 0.5) is 0 Å². The van der Waals surface area contributed by atoms with Crippen molar-refractivity contribution in [2.24, 2.45) is 5.73 Å². The lowest BCUT2D eigenvalue weighted by Crippen LogP contribution is -2.12. The minimum Gasteiger partial charge on any atom is -0.366 e. The summed E-state index contributed by atoms with van der Waals surface area (Å²) in [7, 11) is 0. The maximum absolute atomic E-state index is 10.9. The molecule has 0 aliphatic carbocycles. The molecule has 0 fully saturated rings. The molecule has 0 saturated heterocycles. The van der Waals surface area contributed by atoms with Crippen LogP contribution in [-0.4, -0.2) is 20.7 Å². The quantitative estimate of drug-likeness (QED) is 0.813. The average molecular weight is 216 g/mol. The third-order valence-electron chi connectivity index (χ3n) is 2.26. The van der Waals surface area contributed by atoms with Gasteiger partial charge in [-0.05, 0) is 32.0 Å². The number of rotatable bonds is 2. The summed E-state index contributed by atoms with van der Waals surface area (Å²) in [5.74, 6) is 0.197. The second-order valence-electron chi connectivity index (χ2n) is 3.61. The predicted molar refractivity (Wildman–Crippen MR) is 59.4 cm³/mol. The van der Waals surface area contributed by atoms with E-state index in [9.17, 15) is 4.79 Å². The predicted octanol–water partition coefficient (Wildman–Crippen LogP) is 0.983. The van der Waals surface area contributed by atoms with E-state index in [4.69, 9.17) is 5.73 Å². The van der Waals surface area contributed by atoms with Crippen LogP contribution < -0.4 is 5.73 Å². The molecule has 0 unspecified atom stereocenters. The van der Waals surface area contributed by atoms with E-state index in [1.807, 2.05) is 19.9 Å². The molecule has 5 nitrogen and oxygen atoms in total. The minimum atomic E-state index is -0.479. The highest BCUT2D eigenvalue weighted by Crippen LogP contribution is 2.09. The highest BCUT2D eigenvalue weighted by molar-refractivity contribution is 5.92. The van der Waals surface area contributed by atoms with Gasteiger partial charge in [-0.3, -0.25) is 4.79 Å². The van der Waals surface area contributed by atoms with Gasteiger partial charge in [-0.1, -0.05) is 0 Å². The number of carbonyl (C=O) groups excluding carboxylic acids is 1. The molecular weight excluding hydrogens is 204 g/mol. The van der Waals surface area contributed by atoms with Gasteiger partial charge in [0.2, 0.25) is 5.91 Å². The first-order valence-corrected chi connectivity index (χ1v) is 4.87. The number of hydrogen-bond donors (Lipinski definition) is 1. The summed E-state index contributed by atoms with van der Waals surface area (Å²) in [5.41, 5.74) is 7.45. The van der Waals surface area contributed by atoms with Crippen molar-refractivity contribution in [2.45, 2.75) is 13.8 Å². The van der Waals surface area contributed by atoms with E-state index in [-0.39, 0.29) is 0 Å². The maximum atomic E-state index is 10.9. The molecule has 0 radical (unpaired) electrons. The summed E-state index contributed by atoms with van der Waals surface area (Å²) in [6.07, 6.45) is 1.45. The van der Waals surface area contributed by atoms with E-state index >= 15 is 0 Å². The first-order chi connectivity index (χ1) is 7.58. The molecule has 2 aromatic heterocycles. The maximum Gasteiger partial charge on any atom is 0.250 e. The smallest absolute Gasteiger partial charge is 0.250 e. The van der Waals surface area contributed by atoms with Crippen molar-refractivity contribution in [3.63, 3.8) is 0 Å². The summed E-state index contributed by atoms with van der Waals surface area (Å²) < 4.78 is 1.72. The van der Waals surface area contributed by atoms with Gasteiger partial charge in [-0.15, -0.1) is 0 Å². The zero-order chi connectivity index (χ0) is 11.7. The number of nitrogens with two attached hydrogens (primary N) is 1. The Balaban J connectivity index is 2.42. The van der Waals surface area contributed by atoms with Crippen molar-refractivity contribution in [2.75, 3.05) is 0 Å². The normalized spacial score (nSPS) is 10.4. The van der Waals surface area contributed by atoms with Crippen molar-refractivity contribution in [3.8, 4) is 5.82 Å². The number of carbonyl (C=O) groups is 1. The lowest BCUT2D eigenvalue weighted by molar-refractivity contribution is 0.1000. The molecule has 0 bridgehead atoms. The number of primary amides is 1. The minimum absolute atomic E-state index is 0.394. The Morgan fingerprint density at radius 3 is 2.56 bits per heavy atom. The van der Waals surface area contributed by atoms with Crippen molar-refractivity contribution < 1.29 is 4.79 Å². The lowest BCUT2D eigenvalue weighted by atomic mass is 10.3. The second-order valence-corrected chi connectivity index (χ2v) is 3.61. The third kappa shape index (κ3) is 1.79. The molecule has 0 aromatic carbocycles. The van der Waals surface area contributed by atoms with Crippen LogP contribution >= 0.6 is 0 Å². The van der Waals surface area contributed by atoms with Crippen LogP contribution in [0.2, 0.25) is 0 Å². The van der Waals surface area contributed by atoms with Crippen LogP contribution in [0, 0.1) is 13.8 Å². The van der Waals surface area contributed by atoms with Gasteiger partial charge in [0.1, 0.15) is 0 Å². The van der Waals surface area contributed by atoms with Gasteiger partial charge < -0.3 is 5.73 Å². The number of nitrogens with zero attached hydrogens (tertiary/aromatic N) is 3. The van der Waals surface area contributed by atoms with Crippen molar-refractivity contribution in [1.82, 2.24) is 14.8 Å². The summed E-state index contributed by atoms with van der Waals surface area (Å²) in [4.78, 5) is 15.0. The van der Waals surface area contributed by atoms with E-state index in [0.717, 1.165) is 11.4 Å². The lowest BCUT2D eigenvalue weighted by Gasteiger charge is -2.03. The van der Waals surface area contributed by atoms with Crippen LogP contribution in [0.1, 0.15) is 21.7 Å². The monoisotopic (exact) mass is 216 g/mol. The molecule has 5 heteroatoms. The Labute approximate surface area is 92.9 Å². The van der Waals surface area contributed by atoms with Gasteiger partial charge in [0.25, 0.3) is 0 Å². The van der Waals surface area contributed by atoms with Gasteiger partial charge in [0, 0.05) is 11.9 Å². The number of amides is 1. The Morgan fingerprint density at radius 2 is 2.12 bits per heavy atom. The van der Waals surface area contributed by atoms with Gasteiger partial charge in [-0.25, -0.2) is 9.67 Å². The van der Waals surface area contributed by atoms with Crippen LogP contribution in [0.25, 0.3) is 5.82 Å². The van der Waals surface area contributed by atoms with Gasteiger partial charge in [-0.2, -0.15) is 5.10 Å². The molecule has 0 aliphatic rings. The Hall–Kier alpha value is -2.17. The largest absolute Gasteiger partial charge is 0.366 e. The average Bonchev–Trinajstić information content (AvgIpc) is 2.58. The number of aromatic nitrogens is 3. The molecule has 82 valence electrons. The third-order valence-corrected chi connectivity index (χ3v) is 2.26. The molecule has 0 spiro atoms. The highest BCUT2D eigenvalue weighted by Gasteiger charge is 2.06. The molecule has 2 rings (SSSR count). The molecule has 0 aliphatic heterocycles. The Bertz CT molecular complexity index is 527. The van der Waals surface area contributed by atoms with E-state index in [1.54, 1.807) is 16.8 Å². The summed E-state index contributed by atoms with van der Waals surface area (Å²) in [5, 5.41) is 4.29. The highest BCUT2D eigenvalue weighted by atomic mass is 16.1. The zero-order valence-corrected chi connectivity index (χ0v) is 9.14. The van der Waals surface area contributed by atoms with Gasteiger partial charge in [0.15, 0.2) is 5.82 Å². The first kappa shape index (κ1) is 10.4. The van der Waals surface area contributed by atoms with Crippen LogP contribution in [0.5, 0.6) is 0 Å². The molecule has 2 N–H and O–H groups in total. The Morgan fingerprint density at radius 1 is 1.38 bits per heavy atom. The SMILES string of the molecule is Cc1cc(C)n(-c2ccc(C(N)=O)cn2)n1. The fraction of sp³-hybridized carbons (Fsp3) is 0.182. The number of pyridine rings is 1. The summed E-state index contributed by atoms with van der Waals surface area (Å²) in [6, 6.07) is 5.32. The van der Waals surface area contributed by atoms with Crippen LogP contribution in [0.3, 0.4) is 0 Å². The molecule has 1 amide bonds. The van der Waals surface area contributed by atoms with E-state index in [0.29, 0.717) is 11.4 Å². The molecule has 2 aromatic rings. The standard InChI is InChI=1S/C11H12N4O/c1-7-5-8(2)15(14-7)10-4-3-9(6-13-10)11(12)16/h3-6H,1-2H3,(H2,12,16). The summed E-state index contributed by atoms with van der Waals surface area (Å²) >= 11 is 0. The molecular formula is C11H12N4O. The van der Waals surface area contributed by atoms with E-state index in [2.05, 4.69) is 10.1 Å². The second kappa shape index (κ2) is 3.77. The molecule has 16 heavy (non-hydrogen) atoms. The summed E-state index contributed by atoms with van der Waals surface area (Å²) in [6.45, 7) is 3.87. The van der Waals surface area contributed by atoms with Crippen molar-refractivity contribution in [1.29, 1.82) is 0 Å².